The van der Waals surface area contributed by atoms with Gasteiger partial charge in [0.25, 0.3) is 0 Å². The number of nitrogens with two attached hydrogens (primary N) is 1. The molecular weight excluding hydrogens is 222 g/mol. The van der Waals surface area contributed by atoms with Crippen LogP contribution < -0.4 is 10.5 Å². The molecule has 0 amide bonds. The number of hydrogen-bond donors (Lipinski definition) is 1. The maximum atomic E-state index is 5.80. The summed E-state index contributed by atoms with van der Waals surface area (Å²) in [5.41, 5.74) is 8.97. The SMILES string of the molecule is CCCc1ccc(Oc2cc(C)cc(N)c2)cc1. The van der Waals surface area contributed by atoms with Crippen molar-refractivity contribution in [3.05, 3.63) is 53.6 Å². The van der Waals surface area contributed by atoms with E-state index in [9.17, 15) is 0 Å². The van der Waals surface area contributed by atoms with Gasteiger partial charge in [-0.2, -0.15) is 0 Å². The number of aryl methyl sites for hydroxylation is 2. The van der Waals surface area contributed by atoms with Crippen LogP contribution in [0.1, 0.15) is 24.5 Å². The van der Waals surface area contributed by atoms with Crippen molar-refractivity contribution in [1.82, 2.24) is 0 Å². The Morgan fingerprint density at radius 3 is 2.33 bits per heavy atom. The molecule has 0 atom stereocenters. The van der Waals surface area contributed by atoms with Crippen molar-refractivity contribution in [3.63, 3.8) is 0 Å². The quantitative estimate of drug-likeness (QED) is 0.809. The molecule has 0 aliphatic carbocycles. The fraction of sp³-hybridized carbons (Fsp3) is 0.250. The maximum absolute atomic E-state index is 5.80. The zero-order chi connectivity index (χ0) is 13.0. The zero-order valence-electron chi connectivity index (χ0n) is 10.9. The lowest BCUT2D eigenvalue weighted by Crippen LogP contribution is -1.90. The third-order valence-corrected chi connectivity index (χ3v) is 2.77. The Bertz CT molecular complexity index is 497. The first kappa shape index (κ1) is 12.5. The molecule has 94 valence electrons. The van der Waals surface area contributed by atoms with Crippen molar-refractivity contribution in [2.75, 3.05) is 5.73 Å². The van der Waals surface area contributed by atoms with Crippen molar-refractivity contribution >= 4 is 5.69 Å². The summed E-state index contributed by atoms with van der Waals surface area (Å²) in [5, 5.41) is 0. The summed E-state index contributed by atoms with van der Waals surface area (Å²) in [5.74, 6) is 1.63. The van der Waals surface area contributed by atoms with Crippen LogP contribution in [0.3, 0.4) is 0 Å². The molecule has 2 N–H and O–H groups in total. The summed E-state index contributed by atoms with van der Waals surface area (Å²) in [6, 6.07) is 14.0. The highest BCUT2D eigenvalue weighted by Crippen LogP contribution is 2.25. The van der Waals surface area contributed by atoms with Crippen LogP contribution in [0.2, 0.25) is 0 Å². The molecule has 0 aromatic heterocycles. The molecule has 0 radical (unpaired) electrons. The minimum absolute atomic E-state index is 0.729. The highest BCUT2D eigenvalue weighted by Gasteiger charge is 2.00. The van der Waals surface area contributed by atoms with Crippen molar-refractivity contribution in [2.45, 2.75) is 26.7 Å². The van der Waals surface area contributed by atoms with Crippen molar-refractivity contribution in [3.8, 4) is 11.5 Å². The van der Waals surface area contributed by atoms with Crippen LogP contribution in [0.4, 0.5) is 5.69 Å². The molecule has 0 unspecified atom stereocenters. The Balaban J connectivity index is 2.13. The number of nitrogen functional groups attached to an aromatic ring is 1. The molecule has 2 aromatic rings. The molecule has 2 aromatic carbocycles. The van der Waals surface area contributed by atoms with Crippen LogP contribution in [0, 0.1) is 6.92 Å². The second kappa shape index (κ2) is 5.58. The van der Waals surface area contributed by atoms with Gasteiger partial charge in [-0.1, -0.05) is 25.5 Å². The average molecular weight is 241 g/mol. The summed E-state index contributed by atoms with van der Waals surface area (Å²) in [4.78, 5) is 0. The van der Waals surface area contributed by atoms with E-state index in [2.05, 4.69) is 19.1 Å². The first-order valence-electron chi connectivity index (χ1n) is 6.31. The monoisotopic (exact) mass is 241 g/mol. The van der Waals surface area contributed by atoms with Gasteiger partial charge in [-0.3, -0.25) is 0 Å². The topological polar surface area (TPSA) is 35.2 Å². The predicted molar refractivity (Wildman–Crippen MR) is 76.1 cm³/mol. The molecule has 0 fully saturated rings. The standard InChI is InChI=1S/C16H19NO/c1-3-4-13-5-7-15(8-6-13)18-16-10-12(2)9-14(17)11-16/h5-11H,3-4,17H2,1-2H3. The summed E-state index contributed by atoms with van der Waals surface area (Å²) in [7, 11) is 0. The molecule has 2 heteroatoms. The molecule has 0 heterocycles. The van der Waals surface area contributed by atoms with Crippen LogP contribution in [0.15, 0.2) is 42.5 Å². The molecule has 0 aliphatic heterocycles. The third-order valence-electron chi connectivity index (χ3n) is 2.77. The summed E-state index contributed by atoms with van der Waals surface area (Å²) in [6.45, 7) is 4.19. The Morgan fingerprint density at radius 2 is 1.72 bits per heavy atom. The average Bonchev–Trinajstić information content (AvgIpc) is 2.31. The fourth-order valence-electron chi connectivity index (χ4n) is 1.98. The van der Waals surface area contributed by atoms with Crippen molar-refractivity contribution < 1.29 is 4.74 Å². The van der Waals surface area contributed by atoms with Crippen LogP contribution in [0.5, 0.6) is 11.5 Å². The van der Waals surface area contributed by atoms with Gasteiger partial charge in [0.05, 0.1) is 0 Å². The second-order valence-corrected chi connectivity index (χ2v) is 4.58. The van der Waals surface area contributed by atoms with E-state index in [1.54, 1.807) is 0 Å². The summed E-state index contributed by atoms with van der Waals surface area (Å²) < 4.78 is 5.79. The largest absolute Gasteiger partial charge is 0.457 e. The van der Waals surface area contributed by atoms with Crippen molar-refractivity contribution in [1.29, 1.82) is 0 Å². The number of hydrogen-bond acceptors (Lipinski definition) is 2. The Morgan fingerprint density at radius 1 is 1.00 bits per heavy atom. The van der Waals surface area contributed by atoms with Crippen LogP contribution in [-0.4, -0.2) is 0 Å². The zero-order valence-corrected chi connectivity index (χ0v) is 10.9. The molecule has 0 saturated carbocycles. The molecule has 0 spiro atoms. The lowest BCUT2D eigenvalue weighted by Gasteiger charge is -2.08. The van der Waals surface area contributed by atoms with E-state index in [1.807, 2.05) is 37.3 Å². The first-order valence-corrected chi connectivity index (χ1v) is 6.31. The van der Waals surface area contributed by atoms with E-state index >= 15 is 0 Å². The predicted octanol–water partition coefficient (Wildman–Crippen LogP) is 4.32. The highest BCUT2D eigenvalue weighted by atomic mass is 16.5. The molecule has 0 saturated heterocycles. The van der Waals surface area contributed by atoms with E-state index in [1.165, 1.54) is 5.56 Å². The van der Waals surface area contributed by atoms with Gasteiger partial charge in [-0.05, 0) is 48.7 Å². The van der Waals surface area contributed by atoms with Gasteiger partial charge in [-0.15, -0.1) is 0 Å². The molecule has 0 bridgehead atoms. The van der Waals surface area contributed by atoms with Crippen LogP contribution in [-0.2, 0) is 6.42 Å². The van der Waals surface area contributed by atoms with E-state index < -0.39 is 0 Å². The van der Waals surface area contributed by atoms with Crippen molar-refractivity contribution in [2.24, 2.45) is 0 Å². The highest BCUT2D eigenvalue weighted by molar-refractivity contribution is 5.48. The van der Waals surface area contributed by atoms with Crippen LogP contribution >= 0.6 is 0 Å². The molecule has 18 heavy (non-hydrogen) atoms. The lowest BCUT2D eigenvalue weighted by molar-refractivity contribution is 0.482. The minimum atomic E-state index is 0.729. The first-order chi connectivity index (χ1) is 8.67. The van der Waals surface area contributed by atoms with Gasteiger partial charge in [0.2, 0.25) is 0 Å². The number of ether oxygens (including phenoxy) is 1. The second-order valence-electron chi connectivity index (χ2n) is 4.58. The number of benzene rings is 2. The maximum Gasteiger partial charge on any atom is 0.129 e. The summed E-state index contributed by atoms with van der Waals surface area (Å²) in [6.07, 6.45) is 2.27. The van der Waals surface area contributed by atoms with Gasteiger partial charge >= 0.3 is 0 Å². The molecular formula is C16H19NO. The summed E-state index contributed by atoms with van der Waals surface area (Å²) >= 11 is 0. The van der Waals surface area contributed by atoms with Gasteiger partial charge in [0, 0.05) is 11.8 Å². The Hall–Kier alpha value is -1.96. The minimum Gasteiger partial charge on any atom is -0.457 e. The van der Waals surface area contributed by atoms with E-state index in [0.717, 1.165) is 35.6 Å². The van der Waals surface area contributed by atoms with Gasteiger partial charge in [-0.25, -0.2) is 0 Å². The molecule has 2 nitrogen and oxygen atoms in total. The molecule has 2 rings (SSSR count). The Kier molecular flexibility index (Phi) is 3.88. The van der Waals surface area contributed by atoms with Crippen LogP contribution in [0.25, 0.3) is 0 Å². The van der Waals surface area contributed by atoms with Gasteiger partial charge in [0.15, 0.2) is 0 Å². The van der Waals surface area contributed by atoms with E-state index in [0.29, 0.717) is 0 Å². The van der Waals surface area contributed by atoms with Gasteiger partial charge < -0.3 is 10.5 Å². The fourth-order valence-corrected chi connectivity index (χ4v) is 1.98. The van der Waals surface area contributed by atoms with Gasteiger partial charge in [0.1, 0.15) is 11.5 Å². The van der Waals surface area contributed by atoms with E-state index in [-0.39, 0.29) is 0 Å². The number of anilines is 1. The smallest absolute Gasteiger partial charge is 0.129 e. The third kappa shape index (κ3) is 3.27. The lowest BCUT2D eigenvalue weighted by atomic mass is 10.1. The van der Waals surface area contributed by atoms with E-state index in [4.69, 9.17) is 10.5 Å². The Labute approximate surface area is 108 Å². The normalized spacial score (nSPS) is 10.3. The number of rotatable bonds is 4. The molecule has 0 aliphatic rings.